The van der Waals surface area contributed by atoms with Crippen LogP contribution in [0.15, 0.2) is 54.6 Å². The normalized spacial score (nSPS) is 19.9. The van der Waals surface area contributed by atoms with Gasteiger partial charge in [-0.1, -0.05) is 54.6 Å². The van der Waals surface area contributed by atoms with Crippen molar-refractivity contribution in [2.45, 2.75) is 57.7 Å². The van der Waals surface area contributed by atoms with E-state index < -0.39 is 0 Å². The molecular weight excluding hydrogens is 320 g/mol. The molecule has 3 rings (SSSR count). The third kappa shape index (κ3) is 4.73. The van der Waals surface area contributed by atoms with E-state index in [0.29, 0.717) is 12.0 Å². The van der Waals surface area contributed by atoms with Crippen LogP contribution in [0.3, 0.4) is 0 Å². The lowest BCUT2D eigenvalue weighted by atomic mass is 9.81. The second-order valence-electron chi connectivity index (χ2n) is 7.41. The van der Waals surface area contributed by atoms with Crippen LogP contribution < -0.4 is 5.32 Å². The molecule has 0 spiro atoms. The van der Waals surface area contributed by atoms with Crippen LogP contribution in [0.25, 0.3) is 0 Å². The van der Waals surface area contributed by atoms with Crippen LogP contribution in [0.5, 0.6) is 0 Å². The summed E-state index contributed by atoms with van der Waals surface area (Å²) in [6.45, 7) is 3.35. The molecule has 0 unspecified atom stereocenters. The molecule has 0 radical (unpaired) electrons. The first-order valence-electron chi connectivity index (χ1n) is 9.72. The maximum Gasteiger partial charge on any atom is 0.219 e. The molecule has 2 aromatic carbocycles. The number of hydrogen-bond donors (Lipinski definition) is 1. The Bertz CT molecular complexity index is 688. The van der Waals surface area contributed by atoms with Crippen LogP contribution in [-0.4, -0.2) is 23.9 Å². The van der Waals surface area contributed by atoms with Gasteiger partial charge < -0.3 is 10.2 Å². The third-order valence-electron chi connectivity index (χ3n) is 5.57. The Labute approximate surface area is 157 Å². The molecule has 1 N–H and O–H groups in total. The van der Waals surface area contributed by atoms with Crippen LogP contribution in [0.4, 0.5) is 0 Å². The molecule has 3 nitrogen and oxygen atoms in total. The topological polar surface area (TPSA) is 32.3 Å². The van der Waals surface area contributed by atoms with Gasteiger partial charge in [0, 0.05) is 26.1 Å². The van der Waals surface area contributed by atoms with E-state index in [2.05, 4.69) is 46.6 Å². The zero-order chi connectivity index (χ0) is 18.4. The van der Waals surface area contributed by atoms with E-state index in [0.717, 1.165) is 38.8 Å². The van der Waals surface area contributed by atoms with Crippen molar-refractivity contribution in [2.75, 3.05) is 7.05 Å². The first-order chi connectivity index (χ1) is 12.7. The molecule has 1 amide bonds. The number of rotatable bonds is 6. The van der Waals surface area contributed by atoms with Gasteiger partial charge in [0.25, 0.3) is 0 Å². The molecule has 1 saturated carbocycles. The number of carbonyl (C=O) groups excluding carboxylic acids is 1. The van der Waals surface area contributed by atoms with Crippen LogP contribution in [0.1, 0.15) is 55.2 Å². The summed E-state index contributed by atoms with van der Waals surface area (Å²) < 4.78 is 0. The summed E-state index contributed by atoms with van der Waals surface area (Å²) in [5, 5.41) is 3.19. The fourth-order valence-electron chi connectivity index (χ4n) is 4.11. The van der Waals surface area contributed by atoms with Crippen LogP contribution in [0.2, 0.25) is 0 Å². The summed E-state index contributed by atoms with van der Waals surface area (Å²) in [7, 11) is 1.98. The van der Waals surface area contributed by atoms with E-state index in [-0.39, 0.29) is 5.91 Å². The molecule has 0 aliphatic heterocycles. The van der Waals surface area contributed by atoms with Crippen molar-refractivity contribution in [3.05, 3.63) is 71.3 Å². The van der Waals surface area contributed by atoms with E-state index in [1.165, 1.54) is 16.7 Å². The Morgan fingerprint density at radius 2 is 1.62 bits per heavy atom. The van der Waals surface area contributed by atoms with Crippen LogP contribution in [-0.2, 0) is 17.9 Å². The lowest BCUT2D eigenvalue weighted by Gasteiger charge is -2.37. The number of hydrogen-bond acceptors (Lipinski definition) is 2. The Kier molecular flexibility index (Phi) is 6.45. The summed E-state index contributed by atoms with van der Waals surface area (Å²) in [6, 6.07) is 19.7. The number of benzene rings is 2. The Balaban J connectivity index is 1.59. The molecule has 0 atom stereocenters. The number of nitrogens with one attached hydrogen (secondary N) is 1. The Morgan fingerprint density at radius 1 is 0.962 bits per heavy atom. The molecular formula is C23H30N2O. The highest BCUT2D eigenvalue weighted by molar-refractivity contribution is 5.73. The van der Waals surface area contributed by atoms with Gasteiger partial charge in [0.1, 0.15) is 0 Å². The minimum Gasteiger partial charge on any atom is -0.336 e. The molecule has 1 fully saturated rings. The largest absolute Gasteiger partial charge is 0.336 e. The van der Waals surface area contributed by atoms with Gasteiger partial charge in [-0.3, -0.25) is 4.79 Å². The zero-order valence-electron chi connectivity index (χ0n) is 15.9. The van der Waals surface area contributed by atoms with E-state index in [1.54, 1.807) is 6.92 Å². The second-order valence-corrected chi connectivity index (χ2v) is 7.41. The lowest BCUT2D eigenvalue weighted by Crippen LogP contribution is -2.40. The molecule has 3 heteroatoms. The number of amides is 1. The predicted molar refractivity (Wildman–Crippen MR) is 107 cm³/mol. The van der Waals surface area contributed by atoms with E-state index in [4.69, 9.17) is 0 Å². The van der Waals surface area contributed by atoms with Gasteiger partial charge in [0.05, 0.1) is 0 Å². The van der Waals surface area contributed by atoms with Crippen molar-refractivity contribution >= 4 is 5.91 Å². The molecule has 138 valence electrons. The summed E-state index contributed by atoms with van der Waals surface area (Å²) in [5.41, 5.74) is 3.99. The van der Waals surface area contributed by atoms with Gasteiger partial charge in [-0.05, 0) is 55.3 Å². The highest BCUT2D eigenvalue weighted by Gasteiger charge is 2.28. The van der Waals surface area contributed by atoms with Gasteiger partial charge in [0.15, 0.2) is 0 Å². The predicted octanol–water partition coefficient (Wildman–Crippen LogP) is 4.48. The highest BCUT2D eigenvalue weighted by Crippen LogP contribution is 2.35. The quantitative estimate of drug-likeness (QED) is 0.833. The van der Waals surface area contributed by atoms with Crippen molar-refractivity contribution in [2.24, 2.45) is 0 Å². The summed E-state index contributed by atoms with van der Waals surface area (Å²) in [6.07, 6.45) is 4.51. The molecule has 0 saturated heterocycles. The maximum absolute atomic E-state index is 12.2. The SMILES string of the molecule is CNCc1ccc([C@H]2CC[C@H](N(Cc3ccccc3)C(C)=O)CC2)cc1. The smallest absolute Gasteiger partial charge is 0.219 e. The Morgan fingerprint density at radius 3 is 2.19 bits per heavy atom. The fraction of sp³-hybridized carbons (Fsp3) is 0.435. The van der Waals surface area contributed by atoms with E-state index in [1.807, 2.05) is 25.2 Å². The van der Waals surface area contributed by atoms with Gasteiger partial charge >= 0.3 is 0 Å². The molecule has 26 heavy (non-hydrogen) atoms. The van der Waals surface area contributed by atoms with Crippen molar-refractivity contribution in [1.29, 1.82) is 0 Å². The van der Waals surface area contributed by atoms with Crippen molar-refractivity contribution < 1.29 is 4.79 Å². The molecule has 1 aliphatic rings. The van der Waals surface area contributed by atoms with Gasteiger partial charge in [0.2, 0.25) is 5.91 Å². The molecule has 0 aromatic heterocycles. The lowest BCUT2D eigenvalue weighted by molar-refractivity contribution is -0.132. The monoisotopic (exact) mass is 350 g/mol. The first kappa shape index (κ1) is 18.7. The highest BCUT2D eigenvalue weighted by atomic mass is 16.2. The van der Waals surface area contributed by atoms with E-state index in [9.17, 15) is 4.79 Å². The molecule has 2 aromatic rings. The third-order valence-corrected chi connectivity index (χ3v) is 5.57. The number of nitrogens with zero attached hydrogens (tertiary/aromatic N) is 1. The van der Waals surface area contributed by atoms with Crippen molar-refractivity contribution in [1.82, 2.24) is 10.2 Å². The van der Waals surface area contributed by atoms with Crippen LogP contribution >= 0.6 is 0 Å². The maximum atomic E-state index is 12.2. The summed E-state index contributed by atoms with van der Waals surface area (Å²) in [4.78, 5) is 14.3. The average molecular weight is 351 g/mol. The Hall–Kier alpha value is -2.13. The minimum absolute atomic E-state index is 0.189. The molecule has 1 aliphatic carbocycles. The zero-order valence-corrected chi connectivity index (χ0v) is 15.9. The summed E-state index contributed by atoms with van der Waals surface area (Å²) in [5.74, 6) is 0.814. The summed E-state index contributed by atoms with van der Waals surface area (Å²) >= 11 is 0. The van der Waals surface area contributed by atoms with Gasteiger partial charge in [-0.15, -0.1) is 0 Å². The van der Waals surface area contributed by atoms with Gasteiger partial charge in [-0.2, -0.15) is 0 Å². The second kappa shape index (κ2) is 9.00. The average Bonchev–Trinajstić information content (AvgIpc) is 2.68. The molecule has 0 bridgehead atoms. The van der Waals surface area contributed by atoms with Gasteiger partial charge in [-0.25, -0.2) is 0 Å². The molecule has 0 heterocycles. The minimum atomic E-state index is 0.189. The fourth-order valence-corrected chi connectivity index (χ4v) is 4.11. The standard InChI is InChI=1S/C23H30N2O/c1-18(26)25(17-20-6-4-3-5-7-20)23-14-12-22(13-15-23)21-10-8-19(9-11-21)16-24-2/h3-11,22-24H,12-17H2,1-2H3/t22-,23-. The van der Waals surface area contributed by atoms with Crippen molar-refractivity contribution in [3.8, 4) is 0 Å². The first-order valence-corrected chi connectivity index (χ1v) is 9.72. The van der Waals surface area contributed by atoms with Crippen LogP contribution in [0, 0.1) is 0 Å². The van der Waals surface area contributed by atoms with E-state index >= 15 is 0 Å². The van der Waals surface area contributed by atoms with Crippen molar-refractivity contribution in [3.63, 3.8) is 0 Å². The number of carbonyl (C=O) groups is 1.